The van der Waals surface area contributed by atoms with Crippen molar-refractivity contribution >= 4 is 23.2 Å². The molecule has 1 spiro atoms. The fraction of sp³-hybridized carbons (Fsp3) is 0.775. The molecule has 89 heavy (non-hydrogen) atoms. The van der Waals surface area contributed by atoms with Crippen molar-refractivity contribution < 1.29 is 22.7 Å². The molecule has 11 atom stereocenters. The average Bonchev–Trinajstić information content (AvgIpc) is 1.56. The summed E-state index contributed by atoms with van der Waals surface area (Å²) in [6.07, 6.45) is 28.3. The number of nitrogens with zero attached hydrogens (tertiary/aromatic N) is 6. The number of likely N-dealkylation sites (tertiary alicyclic amines) is 1. The molecule has 1 aromatic rings. The zero-order valence-corrected chi connectivity index (χ0v) is 57.8. The zero-order valence-electron chi connectivity index (χ0n) is 57.0. The standard InChI is InChI=1S/C71H120ClF3N12O2/c1-13-51(4)65-45-80-64(31-42-89-12)53(6)79-46-66-67(69(88)85-38-20-15-21-39-85)56(9)87(66)68(50(2)3)54(7)82-70(32-18-19-33-70)49-77-36-35-76-34-30-59(28-26-58-27-29-62(63(72)44-58)71(73,74)75)78-37-41-83(10)47-61(43-57-23-16-14-17-24-57)84(11)48-60-25-22-40-86(60)55(8)52(5)81-65/h27,29-30,34,37,41,44,47-48,50-57,64-68,76-77,79-82H,13-26,28,31-33,35-36,38-40,42-43,45-46,49H2,1-12H3/t51-,52?,53?,54?,55-,56?,64-,65+,66?,67-,68-/m0/s1. The number of nitrogens with one attached hydrogen (secondary N) is 6. The number of rotatable bonds is 12. The largest absolute Gasteiger partial charge is 0.417 e. The number of benzene rings is 1. The van der Waals surface area contributed by atoms with Crippen LogP contribution in [0.25, 0.3) is 0 Å². The van der Waals surface area contributed by atoms with E-state index in [-0.39, 0.29) is 70.9 Å². The highest BCUT2D eigenvalue weighted by molar-refractivity contribution is 6.31. The summed E-state index contributed by atoms with van der Waals surface area (Å²) in [6.45, 7) is 28.6. The van der Waals surface area contributed by atoms with Crippen molar-refractivity contribution in [3.63, 3.8) is 0 Å². The summed E-state index contributed by atoms with van der Waals surface area (Å²) in [7, 11) is 6.10. The van der Waals surface area contributed by atoms with Gasteiger partial charge in [-0.1, -0.05) is 96.7 Å². The van der Waals surface area contributed by atoms with Crippen molar-refractivity contribution in [2.45, 2.75) is 250 Å². The Hall–Kier alpha value is -3.68. The molecule has 4 aliphatic heterocycles. The Morgan fingerprint density at radius 2 is 1.58 bits per heavy atom. The van der Waals surface area contributed by atoms with Gasteiger partial charge in [0.2, 0.25) is 5.91 Å². The lowest BCUT2D eigenvalue weighted by molar-refractivity contribution is -0.162. The third kappa shape index (κ3) is 20.9. The van der Waals surface area contributed by atoms with Crippen LogP contribution in [0.1, 0.15) is 189 Å². The highest BCUT2D eigenvalue weighted by atomic mass is 35.5. The summed E-state index contributed by atoms with van der Waals surface area (Å²) in [6, 6.07) is 5.64. The molecule has 2 saturated carbocycles. The van der Waals surface area contributed by atoms with E-state index in [0.717, 1.165) is 121 Å². The SMILES string of the molecule is CC[C@H](C)[C@H]1CN[C@@H](CCOC)C(C)NCC2[C@@H](C(=O)N3CCCCC3)C(C)N2[C@@H](C(C)C)C(C)NC2(CCCC2)CNCCNC=CC(CCc2ccc(C(F)(F)F)c(Cl)c2)=NC=CN(C)C=C(CC2CCCCC2)N(C)C=C2CCCN2[C@@H](C)C(C)N1. The number of piperidine rings is 1. The van der Waals surface area contributed by atoms with Gasteiger partial charge < -0.3 is 56.2 Å². The van der Waals surface area contributed by atoms with Crippen LogP contribution < -0.4 is 31.9 Å². The third-order valence-corrected chi connectivity index (χ3v) is 21.6. The van der Waals surface area contributed by atoms with Gasteiger partial charge >= 0.3 is 6.18 Å². The summed E-state index contributed by atoms with van der Waals surface area (Å²) >= 11 is 6.20. The molecule has 0 bridgehead atoms. The number of allylic oxidation sites excluding steroid dienone is 3. The Morgan fingerprint density at radius 1 is 0.854 bits per heavy atom. The number of hydrogen-bond acceptors (Lipinski definition) is 13. The lowest BCUT2D eigenvalue weighted by atomic mass is 9.74. The second kappa shape index (κ2) is 35.6. The lowest BCUT2D eigenvalue weighted by Crippen LogP contribution is -2.76. The molecular formula is C71H120ClF3N12O2. The highest BCUT2D eigenvalue weighted by Gasteiger charge is 2.55. The van der Waals surface area contributed by atoms with E-state index in [9.17, 15) is 18.0 Å². The second-order valence-corrected chi connectivity index (χ2v) is 28.6. The van der Waals surface area contributed by atoms with Gasteiger partial charge in [0.25, 0.3) is 0 Å². The van der Waals surface area contributed by atoms with Crippen molar-refractivity contribution in [2.24, 2.45) is 28.7 Å². The number of amides is 1. The minimum atomic E-state index is -4.52. The van der Waals surface area contributed by atoms with Crippen molar-refractivity contribution in [3.8, 4) is 0 Å². The molecule has 0 aromatic heterocycles. The van der Waals surface area contributed by atoms with Crippen LogP contribution in [0.15, 0.2) is 71.7 Å². The van der Waals surface area contributed by atoms with Crippen LogP contribution >= 0.6 is 11.6 Å². The number of aryl methyl sites for hydroxylation is 1. The van der Waals surface area contributed by atoms with Crippen LogP contribution in [0.3, 0.4) is 0 Å². The molecule has 14 nitrogen and oxygen atoms in total. The highest BCUT2D eigenvalue weighted by Crippen LogP contribution is 2.41. The van der Waals surface area contributed by atoms with Crippen LogP contribution in [-0.4, -0.2) is 176 Å². The number of aliphatic imine (C=N–C) groups is 1. The number of alkyl halides is 3. The molecule has 0 radical (unpaired) electrons. The number of ether oxygens (including phenoxy) is 1. The van der Waals surface area contributed by atoms with Crippen molar-refractivity contribution in [1.82, 2.24) is 56.4 Å². The second-order valence-electron chi connectivity index (χ2n) is 28.2. The number of carbonyl (C=O) groups excluding carboxylic acids is 1. The van der Waals surface area contributed by atoms with Crippen molar-refractivity contribution in [2.75, 3.05) is 80.2 Å². The predicted octanol–water partition coefficient (Wildman–Crippen LogP) is 12.3. The van der Waals surface area contributed by atoms with E-state index in [4.69, 9.17) is 21.3 Å². The van der Waals surface area contributed by atoms with E-state index < -0.39 is 11.7 Å². The molecule has 6 aliphatic rings. The van der Waals surface area contributed by atoms with Gasteiger partial charge in [-0.15, -0.1) is 0 Å². The first-order valence-corrected chi connectivity index (χ1v) is 35.4. The Labute approximate surface area is 541 Å². The predicted molar refractivity (Wildman–Crippen MR) is 363 cm³/mol. The van der Waals surface area contributed by atoms with E-state index >= 15 is 0 Å². The van der Waals surface area contributed by atoms with Gasteiger partial charge in [0, 0.05) is 182 Å². The van der Waals surface area contributed by atoms with Crippen LogP contribution in [0, 0.1) is 23.7 Å². The molecule has 5 unspecified atom stereocenters. The van der Waals surface area contributed by atoms with Crippen molar-refractivity contribution in [1.29, 1.82) is 0 Å². The summed E-state index contributed by atoms with van der Waals surface area (Å²) in [5, 5.41) is 23.7. The van der Waals surface area contributed by atoms with Gasteiger partial charge in [-0.2, -0.15) is 13.2 Å². The Morgan fingerprint density at radius 3 is 2.27 bits per heavy atom. The molecule has 3 saturated heterocycles. The topological polar surface area (TPSA) is 127 Å². The van der Waals surface area contributed by atoms with E-state index in [1.807, 2.05) is 31.8 Å². The van der Waals surface area contributed by atoms with Gasteiger partial charge in [0.1, 0.15) is 0 Å². The number of carbonyl (C=O) groups is 1. The maximum absolute atomic E-state index is 14.8. The number of fused-ring (bicyclic) bond motifs is 2. The van der Waals surface area contributed by atoms with Gasteiger partial charge in [-0.25, -0.2) is 0 Å². The van der Waals surface area contributed by atoms with E-state index in [1.54, 1.807) is 0 Å². The minimum absolute atomic E-state index is 0.0492. The maximum Gasteiger partial charge on any atom is 0.417 e. The summed E-state index contributed by atoms with van der Waals surface area (Å²) in [4.78, 5) is 31.8. The summed E-state index contributed by atoms with van der Waals surface area (Å²) < 4.78 is 46.8. The normalized spacial score (nSPS) is 30.0. The first-order valence-electron chi connectivity index (χ1n) is 35.0. The number of hydrogen-bond donors (Lipinski definition) is 6. The number of halogens is 4. The maximum atomic E-state index is 14.8. The zero-order chi connectivity index (χ0) is 64.3. The van der Waals surface area contributed by atoms with E-state index in [1.165, 1.54) is 74.9 Å². The van der Waals surface area contributed by atoms with Gasteiger partial charge in [0.05, 0.1) is 16.5 Å². The molecule has 1 aromatic carbocycles. The fourth-order valence-electron chi connectivity index (χ4n) is 15.7. The summed E-state index contributed by atoms with van der Waals surface area (Å²) in [5.74, 6) is 1.69. The van der Waals surface area contributed by atoms with Gasteiger partial charge in [-0.3, -0.25) is 14.7 Å². The fourth-order valence-corrected chi connectivity index (χ4v) is 16.0. The monoisotopic (exact) mass is 1260 g/mol. The number of methoxy groups -OCH3 is 1. The third-order valence-electron chi connectivity index (χ3n) is 21.3. The van der Waals surface area contributed by atoms with Gasteiger partial charge in [-0.05, 0) is 153 Å². The molecule has 18 heteroatoms. The van der Waals surface area contributed by atoms with Crippen LogP contribution in [0.4, 0.5) is 13.2 Å². The average molecular weight is 1270 g/mol. The molecule has 7 rings (SSSR count). The molecule has 2 aliphatic carbocycles. The molecular weight excluding hydrogens is 1150 g/mol. The van der Waals surface area contributed by atoms with E-state index in [2.05, 4.69) is 145 Å². The Balaban J connectivity index is 1.19. The van der Waals surface area contributed by atoms with Crippen LogP contribution in [0.5, 0.6) is 0 Å². The van der Waals surface area contributed by atoms with Crippen LogP contribution in [-0.2, 0) is 22.1 Å². The molecule has 6 N–H and O–H groups in total. The smallest absolute Gasteiger partial charge is 0.390 e. The quantitative estimate of drug-likeness (QED) is 0.119. The minimum Gasteiger partial charge on any atom is -0.390 e. The lowest BCUT2D eigenvalue weighted by Gasteiger charge is -2.60. The molecule has 4 heterocycles. The van der Waals surface area contributed by atoms with Crippen molar-refractivity contribution in [3.05, 3.63) is 82.8 Å². The molecule has 1 amide bonds. The van der Waals surface area contributed by atoms with Crippen LogP contribution in [0.2, 0.25) is 5.02 Å². The molecule has 5 fully saturated rings. The Kier molecular flexibility index (Phi) is 29.1. The summed E-state index contributed by atoms with van der Waals surface area (Å²) in [5.41, 5.74) is 3.28. The first-order chi connectivity index (χ1) is 42.6. The molecule has 504 valence electrons. The first kappa shape index (κ1) is 72.7. The van der Waals surface area contributed by atoms with Gasteiger partial charge in [0.15, 0.2) is 0 Å². The van der Waals surface area contributed by atoms with E-state index in [0.29, 0.717) is 49.7 Å². The Bertz CT molecular complexity index is 2450.